The second-order valence-corrected chi connectivity index (χ2v) is 9.22. The van der Waals surface area contributed by atoms with Gasteiger partial charge in [-0.25, -0.2) is 0 Å². The Labute approximate surface area is 228 Å². The number of hydrogen-bond acceptors (Lipinski definition) is 6. The molecule has 0 fully saturated rings. The van der Waals surface area contributed by atoms with Gasteiger partial charge in [0, 0.05) is 29.9 Å². The summed E-state index contributed by atoms with van der Waals surface area (Å²) < 4.78 is 38.7. The van der Waals surface area contributed by atoms with Crippen LogP contribution in [0.1, 0.15) is 63.9 Å². The number of nitrogens with zero attached hydrogens (tertiary/aromatic N) is 4. The fraction of sp³-hybridized carbons (Fsp3) is 0.167. The number of pyridine rings is 2. The van der Waals surface area contributed by atoms with Crippen LogP contribution in [0.3, 0.4) is 0 Å². The summed E-state index contributed by atoms with van der Waals surface area (Å²) in [7, 11) is 0. The average molecular weight is 542 g/mol. The fourth-order valence-corrected chi connectivity index (χ4v) is 4.38. The van der Waals surface area contributed by atoms with Crippen molar-refractivity contribution in [1.82, 2.24) is 15.3 Å². The second kappa shape index (κ2) is 11.0. The third-order valence-corrected chi connectivity index (χ3v) is 6.50. The lowest BCUT2D eigenvalue weighted by Gasteiger charge is -2.16. The molecule has 2 aromatic heterocycles. The Balaban J connectivity index is 1.46. The van der Waals surface area contributed by atoms with Gasteiger partial charge in [0.2, 0.25) is 0 Å². The van der Waals surface area contributed by atoms with Gasteiger partial charge in [-0.2, -0.15) is 18.4 Å². The monoisotopic (exact) mass is 541 g/mol. The zero-order valence-electron chi connectivity index (χ0n) is 21.2. The van der Waals surface area contributed by atoms with E-state index in [-0.39, 0.29) is 11.7 Å². The zero-order valence-corrected chi connectivity index (χ0v) is 21.2. The highest BCUT2D eigenvalue weighted by atomic mass is 19.4. The number of aromatic nitrogens is 2. The maximum atomic E-state index is 13.4. The molecule has 1 aliphatic heterocycles. The Morgan fingerprint density at radius 3 is 2.52 bits per heavy atom. The van der Waals surface area contributed by atoms with E-state index in [1.807, 2.05) is 24.3 Å². The van der Waals surface area contributed by atoms with Gasteiger partial charge in [-0.15, -0.1) is 0 Å². The zero-order chi connectivity index (χ0) is 28.3. The van der Waals surface area contributed by atoms with Crippen LogP contribution in [0.15, 0.2) is 90.3 Å². The maximum absolute atomic E-state index is 13.4. The molecule has 1 amide bonds. The van der Waals surface area contributed by atoms with Crippen molar-refractivity contribution in [2.75, 3.05) is 0 Å². The number of benzene rings is 2. The predicted molar refractivity (Wildman–Crippen MR) is 141 cm³/mol. The Bertz CT molecular complexity index is 1610. The molecule has 0 spiro atoms. The number of carbonyl (C=O) groups is 1. The summed E-state index contributed by atoms with van der Waals surface area (Å²) in [5, 5.41) is 16.7. The number of amides is 1. The molecule has 2 aromatic carbocycles. The van der Waals surface area contributed by atoms with E-state index in [1.54, 1.807) is 49.5 Å². The van der Waals surface area contributed by atoms with Crippen molar-refractivity contribution < 1.29 is 22.8 Å². The van der Waals surface area contributed by atoms with E-state index in [4.69, 9.17) is 4.84 Å². The highest BCUT2D eigenvalue weighted by Crippen LogP contribution is 2.32. The molecule has 3 heterocycles. The molecule has 1 aliphatic rings. The molecule has 4 aromatic rings. The molecule has 0 saturated carbocycles. The number of nitriles is 1. The van der Waals surface area contributed by atoms with Crippen molar-refractivity contribution in [1.29, 1.82) is 5.26 Å². The van der Waals surface area contributed by atoms with Crippen LogP contribution in [-0.2, 0) is 11.0 Å². The van der Waals surface area contributed by atoms with Gasteiger partial charge in [0.15, 0.2) is 6.10 Å². The van der Waals surface area contributed by atoms with Crippen LogP contribution >= 0.6 is 0 Å². The summed E-state index contributed by atoms with van der Waals surface area (Å²) in [6.07, 6.45) is -1.73. The predicted octanol–water partition coefficient (Wildman–Crippen LogP) is 6.39. The van der Waals surface area contributed by atoms with E-state index in [0.717, 1.165) is 18.0 Å². The van der Waals surface area contributed by atoms with Gasteiger partial charge in [0.1, 0.15) is 5.69 Å². The highest BCUT2D eigenvalue weighted by molar-refractivity contribution is 6.05. The molecular formula is C30H22F3N5O2. The van der Waals surface area contributed by atoms with Crippen molar-refractivity contribution in [2.24, 2.45) is 5.16 Å². The number of carbonyl (C=O) groups excluding carboxylic acids is 1. The largest absolute Gasteiger partial charge is 0.433 e. The number of rotatable bonds is 6. The third-order valence-electron chi connectivity index (χ3n) is 6.50. The van der Waals surface area contributed by atoms with E-state index < -0.39 is 23.8 Å². The smallest absolute Gasteiger partial charge is 0.385 e. The van der Waals surface area contributed by atoms with Crippen molar-refractivity contribution in [3.8, 4) is 17.2 Å². The van der Waals surface area contributed by atoms with Crippen LogP contribution in [0.4, 0.5) is 13.2 Å². The minimum absolute atomic E-state index is 0.288. The van der Waals surface area contributed by atoms with Crippen molar-refractivity contribution in [3.05, 3.63) is 119 Å². The number of hydrogen-bond donors (Lipinski definition) is 1. The topological polar surface area (TPSA) is 100 Å². The van der Waals surface area contributed by atoms with Gasteiger partial charge < -0.3 is 10.2 Å². The molecule has 7 nitrogen and oxygen atoms in total. The van der Waals surface area contributed by atoms with Crippen LogP contribution in [0.2, 0.25) is 0 Å². The molecule has 0 radical (unpaired) electrons. The van der Waals surface area contributed by atoms with Crippen LogP contribution in [-0.4, -0.2) is 21.6 Å². The molecule has 1 unspecified atom stereocenters. The van der Waals surface area contributed by atoms with Gasteiger partial charge >= 0.3 is 6.18 Å². The van der Waals surface area contributed by atoms with Gasteiger partial charge in [0.05, 0.1) is 29.1 Å². The third kappa shape index (κ3) is 5.68. The first-order valence-electron chi connectivity index (χ1n) is 12.4. The first-order valence-corrected chi connectivity index (χ1v) is 12.4. The molecule has 10 heteroatoms. The number of oxime groups is 1. The van der Waals surface area contributed by atoms with Gasteiger partial charge in [-0.1, -0.05) is 35.5 Å². The standard InChI is InChI=1S/C30H22F3N5O2/c1-18(20-9-10-28(36-17-20)30(31,32)33)37-29(39)23-13-21(24-7-3-2-6-19(24)16-34)12-22(14-23)26-15-27(40-38-26)25-8-4-5-11-35-25/h2-14,17-18,27H,15H2,1H3,(H,37,39)/t18-,27?/m1/s1. The molecular weight excluding hydrogens is 519 g/mol. The second-order valence-electron chi connectivity index (χ2n) is 9.22. The molecule has 0 bridgehead atoms. The fourth-order valence-electron chi connectivity index (χ4n) is 4.38. The minimum atomic E-state index is -4.55. The molecule has 5 rings (SSSR count). The summed E-state index contributed by atoms with van der Waals surface area (Å²) >= 11 is 0. The SMILES string of the molecule is C[C@@H](NC(=O)c1cc(C2=NOC(c3ccccn3)C2)cc(-c2ccccc2C#N)c1)c1ccc(C(F)(F)F)nc1. The Hall–Kier alpha value is -5.04. The van der Waals surface area contributed by atoms with E-state index in [9.17, 15) is 23.2 Å². The summed E-state index contributed by atoms with van der Waals surface area (Å²) in [6.45, 7) is 1.66. The molecule has 0 saturated heterocycles. The Kier molecular flexibility index (Phi) is 7.29. The lowest BCUT2D eigenvalue weighted by atomic mass is 9.93. The van der Waals surface area contributed by atoms with Crippen molar-refractivity contribution >= 4 is 11.6 Å². The van der Waals surface area contributed by atoms with Crippen molar-refractivity contribution in [2.45, 2.75) is 31.7 Å². The van der Waals surface area contributed by atoms with Crippen LogP contribution in [0.25, 0.3) is 11.1 Å². The quantitative estimate of drug-likeness (QED) is 0.305. The van der Waals surface area contributed by atoms with Crippen LogP contribution < -0.4 is 5.32 Å². The normalized spacial score (nSPS) is 15.5. The summed E-state index contributed by atoms with van der Waals surface area (Å²) in [5.41, 5.74) is 3.38. The molecule has 2 atom stereocenters. The molecule has 200 valence electrons. The summed E-state index contributed by atoms with van der Waals surface area (Å²) in [4.78, 5) is 26.8. The number of nitrogens with one attached hydrogen (secondary N) is 1. The van der Waals surface area contributed by atoms with Gasteiger partial charge in [0.25, 0.3) is 5.91 Å². The van der Waals surface area contributed by atoms with Gasteiger partial charge in [-0.05, 0) is 66.1 Å². The maximum Gasteiger partial charge on any atom is 0.433 e. The first kappa shape index (κ1) is 26.6. The van der Waals surface area contributed by atoms with Crippen LogP contribution in [0, 0.1) is 11.3 Å². The molecule has 0 aliphatic carbocycles. The van der Waals surface area contributed by atoms with Crippen molar-refractivity contribution in [3.63, 3.8) is 0 Å². The number of halogens is 3. The van der Waals surface area contributed by atoms with E-state index >= 15 is 0 Å². The molecule has 40 heavy (non-hydrogen) atoms. The van der Waals surface area contributed by atoms with Crippen LogP contribution in [0.5, 0.6) is 0 Å². The highest BCUT2D eigenvalue weighted by Gasteiger charge is 2.32. The molecule has 1 N–H and O–H groups in total. The number of alkyl halides is 3. The van der Waals surface area contributed by atoms with E-state index in [1.165, 1.54) is 6.07 Å². The van der Waals surface area contributed by atoms with Gasteiger partial charge in [-0.3, -0.25) is 14.8 Å². The Morgan fingerprint density at radius 1 is 1.05 bits per heavy atom. The Morgan fingerprint density at radius 2 is 1.82 bits per heavy atom. The van der Waals surface area contributed by atoms with E-state index in [2.05, 4.69) is 26.5 Å². The summed E-state index contributed by atoms with van der Waals surface area (Å²) in [6, 6.07) is 21.5. The lowest BCUT2D eigenvalue weighted by molar-refractivity contribution is -0.141. The lowest BCUT2D eigenvalue weighted by Crippen LogP contribution is -2.27. The van der Waals surface area contributed by atoms with E-state index in [0.29, 0.717) is 39.9 Å². The summed E-state index contributed by atoms with van der Waals surface area (Å²) in [5.74, 6) is -0.453. The average Bonchev–Trinajstić information content (AvgIpc) is 3.47. The first-order chi connectivity index (χ1) is 19.2. The minimum Gasteiger partial charge on any atom is -0.385 e.